The first-order valence-electron chi connectivity index (χ1n) is 12.8. The van der Waals surface area contributed by atoms with E-state index in [2.05, 4.69) is 4.98 Å². The monoisotopic (exact) mass is 549 g/mol. The van der Waals surface area contributed by atoms with Crippen molar-refractivity contribution >= 4 is 12.0 Å². The Labute approximate surface area is 226 Å². The summed E-state index contributed by atoms with van der Waals surface area (Å²) in [6.07, 6.45) is -2.88. The van der Waals surface area contributed by atoms with E-state index in [-0.39, 0.29) is 6.04 Å². The topological polar surface area (TPSA) is 81.2 Å². The number of carbonyl (C=O) groups is 2. The van der Waals surface area contributed by atoms with Crippen LogP contribution in [0.15, 0.2) is 42.6 Å². The summed E-state index contributed by atoms with van der Waals surface area (Å²) in [4.78, 5) is 31.8. The van der Waals surface area contributed by atoms with E-state index in [1.807, 2.05) is 32.9 Å². The molecule has 0 N–H and O–H groups in total. The van der Waals surface area contributed by atoms with Gasteiger partial charge < -0.3 is 19.1 Å². The van der Waals surface area contributed by atoms with Crippen LogP contribution in [0.2, 0.25) is 0 Å². The summed E-state index contributed by atoms with van der Waals surface area (Å²) in [7, 11) is 0. The Balaban J connectivity index is 1.51. The summed E-state index contributed by atoms with van der Waals surface area (Å²) in [5.74, 6) is -1.46. The summed E-state index contributed by atoms with van der Waals surface area (Å²) >= 11 is 0. The third kappa shape index (κ3) is 6.19. The number of aromatic nitrogens is 1. The first kappa shape index (κ1) is 28.8. The second kappa shape index (κ2) is 11.1. The molecule has 2 saturated heterocycles. The minimum atomic E-state index is -3.25. The maximum atomic E-state index is 14.0. The van der Waals surface area contributed by atoms with Gasteiger partial charge in [-0.15, -0.1) is 0 Å². The van der Waals surface area contributed by atoms with Crippen molar-refractivity contribution in [2.75, 3.05) is 26.4 Å². The highest BCUT2D eigenvalue weighted by atomic mass is 19.3. The molecule has 2 fully saturated rings. The lowest BCUT2D eigenvalue weighted by atomic mass is 9.99. The zero-order chi connectivity index (χ0) is 28.5. The van der Waals surface area contributed by atoms with Gasteiger partial charge in [0.1, 0.15) is 30.1 Å². The van der Waals surface area contributed by atoms with Gasteiger partial charge in [-0.3, -0.25) is 14.7 Å². The maximum Gasteiger partial charge on any atom is 0.411 e. The van der Waals surface area contributed by atoms with Crippen LogP contribution in [0.25, 0.3) is 11.1 Å². The number of hydrogen-bond acceptors (Lipinski definition) is 6. The van der Waals surface area contributed by atoms with Gasteiger partial charge in [0, 0.05) is 18.3 Å². The normalized spacial score (nSPS) is 23.3. The number of hydrogen-bond donors (Lipinski definition) is 0. The van der Waals surface area contributed by atoms with Crippen LogP contribution in [0.3, 0.4) is 0 Å². The Hall–Kier alpha value is -3.18. The highest BCUT2D eigenvalue weighted by molar-refractivity contribution is 5.80. The first-order chi connectivity index (χ1) is 18.3. The number of pyridine rings is 1. The Bertz CT molecular complexity index is 1170. The molecule has 4 rings (SSSR count). The van der Waals surface area contributed by atoms with Crippen LogP contribution in [0, 0.1) is 0 Å². The van der Waals surface area contributed by atoms with E-state index in [0.29, 0.717) is 31.0 Å². The summed E-state index contributed by atoms with van der Waals surface area (Å²) in [6.45, 7) is 8.48. The standard InChI is InChI=1S/C28H34F3N3O5/c1-27(2,3)39-26(36)33-12-13-37-16-22(33)20-11-10-19(15-32-20)17-6-8-18(9-7-17)23-21(14-29)34(25(35)24(30)31)28(4,5)38-23/h6-11,15,21-24H,12-14,16H2,1-5H3/t21-,22?,23-/m1/s1. The number of ether oxygens (including phenoxy) is 3. The van der Waals surface area contributed by atoms with E-state index in [9.17, 15) is 22.8 Å². The quantitative estimate of drug-likeness (QED) is 0.504. The first-order valence-corrected chi connectivity index (χ1v) is 12.8. The van der Waals surface area contributed by atoms with Gasteiger partial charge in [-0.05, 0) is 51.8 Å². The molecular weight excluding hydrogens is 515 g/mol. The average Bonchev–Trinajstić information content (AvgIpc) is 3.17. The van der Waals surface area contributed by atoms with Crippen molar-refractivity contribution in [2.45, 2.75) is 70.6 Å². The van der Waals surface area contributed by atoms with Gasteiger partial charge in [-0.25, -0.2) is 9.18 Å². The number of amides is 2. The number of carbonyl (C=O) groups excluding carboxylic acids is 2. The molecule has 8 nitrogen and oxygen atoms in total. The molecule has 0 radical (unpaired) electrons. The maximum absolute atomic E-state index is 14.0. The second-order valence-electron chi connectivity index (χ2n) is 11.1. The Morgan fingerprint density at radius 3 is 2.36 bits per heavy atom. The van der Waals surface area contributed by atoms with Crippen molar-refractivity contribution in [3.8, 4) is 11.1 Å². The smallest absolute Gasteiger partial charge is 0.411 e. The average molecular weight is 550 g/mol. The predicted octanol–water partition coefficient (Wildman–Crippen LogP) is 5.30. The third-order valence-corrected chi connectivity index (χ3v) is 6.72. The molecular formula is C28H34F3N3O5. The van der Waals surface area contributed by atoms with Gasteiger partial charge >= 0.3 is 12.5 Å². The Kier molecular flexibility index (Phi) is 8.22. The molecule has 1 unspecified atom stereocenters. The van der Waals surface area contributed by atoms with E-state index >= 15 is 0 Å². The fourth-order valence-corrected chi connectivity index (χ4v) is 4.98. The van der Waals surface area contributed by atoms with Gasteiger partial charge in [-0.2, -0.15) is 8.78 Å². The SMILES string of the molecule is CC(C)(C)OC(=O)N1CCOCC1c1ccc(-c2ccc([C@H]3OC(C)(C)N(C(=O)C(F)F)[C@@H]3CF)cc2)cn1. The summed E-state index contributed by atoms with van der Waals surface area (Å²) in [5.41, 5.74) is 0.840. The van der Waals surface area contributed by atoms with Gasteiger partial charge in [0.2, 0.25) is 0 Å². The molecule has 39 heavy (non-hydrogen) atoms. The van der Waals surface area contributed by atoms with E-state index in [1.54, 1.807) is 35.4 Å². The van der Waals surface area contributed by atoms with Crippen LogP contribution < -0.4 is 0 Å². The number of halogens is 3. The van der Waals surface area contributed by atoms with Crippen LogP contribution in [0.1, 0.15) is 58.0 Å². The van der Waals surface area contributed by atoms with Crippen molar-refractivity contribution in [1.82, 2.24) is 14.8 Å². The highest BCUT2D eigenvalue weighted by Crippen LogP contribution is 2.42. The number of morpholine rings is 1. The van der Waals surface area contributed by atoms with Gasteiger partial charge in [0.15, 0.2) is 0 Å². The molecule has 0 bridgehead atoms. The number of alkyl halides is 3. The number of benzene rings is 1. The fourth-order valence-electron chi connectivity index (χ4n) is 4.98. The Morgan fingerprint density at radius 1 is 1.13 bits per heavy atom. The van der Waals surface area contributed by atoms with Crippen LogP contribution in [0.4, 0.5) is 18.0 Å². The van der Waals surface area contributed by atoms with Crippen LogP contribution in [-0.2, 0) is 19.0 Å². The zero-order valence-corrected chi connectivity index (χ0v) is 22.7. The zero-order valence-electron chi connectivity index (χ0n) is 22.7. The van der Waals surface area contributed by atoms with Gasteiger partial charge in [-0.1, -0.05) is 30.3 Å². The highest BCUT2D eigenvalue weighted by Gasteiger charge is 2.52. The van der Waals surface area contributed by atoms with Crippen molar-refractivity contribution in [3.63, 3.8) is 0 Å². The minimum Gasteiger partial charge on any atom is -0.444 e. The molecule has 0 aliphatic carbocycles. The summed E-state index contributed by atoms with van der Waals surface area (Å²) in [6, 6.07) is 9.20. The second-order valence-corrected chi connectivity index (χ2v) is 11.1. The molecule has 0 spiro atoms. The van der Waals surface area contributed by atoms with Crippen molar-refractivity contribution in [1.29, 1.82) is 0 Å². The molecule has 3 atom stereocenters. The van der Waals surface area contributed by atoms with Crippen LogP contribution in [-0.4, -0.2) is 77.0 Å². The number of rotatable bonds is 5. The van der Waals surface area contributed by atoms with Crippen molar-refractivity contribution in [2.24, 2.45) is 0 Å². The lowest BCUT2D eigenvalue weighted by molar-refractivity contribution is -0.159. The molecule has 2 aliphatic rings. The van der Waals surface area contributed by atoms with Crippen LogP contribution >= 0.6 is 0 Å². The van der Waals surface area contributed by atoms with E-state index in [4.69, 9.17) is 14.2 Å². The fraction of sp³-hybridized carbons (Fsp3) is 0.536. The molecule has 1 aromatic carbocycles. The molecule has 2 aromatic rings. The van der Waals surface area contributed by atoms with E-state index in [1.165, 1.54) is 13.8 Å². The molecule has 2 amide bonds. The molecule has 11 heteroatoms. The van der Waals surface area contributed by atoms with E-state index < -0.39 is 48.6 Å². The van der Waals surface area contributed by atoms with Gasteiger partial charge in [0.25, 0.3) is 5.91 Å². The Morgan fingerprint density at radius 2 is 1.79 bits per heavy atom. The van der Waals surface area contributed by atoms with Gasteiger partial charge in [0.05, 0.1) is 24.9 Å². The molecule has 3 heterocycles. The van der Waals surface area contributed by atoms with Crippen molar-refractivity contribution in [3.05, 3.63) is 53.9 Å². The third-order valence-electron chi connectivity index (χ3n) is 6.72. The molecule has 2 aliphatic heterocycles. The lowest BCUT2D eigenvalue weighted by Gasteiger charge is -2.36. The summed E-state index contributed by atoms with van der Waals surface area (Å²) < 4.78 is 57.3. The van der Waals surface area contributed by atoms with Crippen molar-refractivity contribution < 1.29 is 37.0 Å². The molecule has 212 valence electrons. The molecule has 0 saturated carbocycles. The molecule has 1 aromatic heterocycles. The van der Waals surface area contributed by atoms with Crippen LogP contribution in [0.5, 0.6) is 0 Å². The minimum absolute atomic E-state index is 0.304. The largest absolute Gasteiger partial charge is 0.444 e. The van der Waals surface area contributed by atoms with E-state index in [0.717, 1.165) is 16.0 Å². The number of nitrogens with zero attached hydrogens (tertiary/aromatic N) is 3. The summed E-state index contributed by atoms with van der Waals surface area (Å²) in [5, 5.41) is 0. The predicted molar refractivity (Wildman–Crippen MR) is 137 cm³/mol. The lowest BCUT2D eigenvalue weighted by Crippen LogP contribution is -2.51.